The maximum atomic E-state index is 5.46. The van der Waals surface area contributed by atoms with Crippen LogP contribution in [-0.2, 0) is 4.18 Å². The monoisotopic (exact) mass is 229 g/mol. The fourth-order valence-corrected chi connectivity index (χ4v) is 3.43. The molecule has 0 aromatic rings. The first-order valence-corrected chi connectivity index (χ1v) is 6.82. The SMILES string of the molecule is SOC(C1CCCCC1)C1CCCCN1. The van der Waals surface area contributed by atoms with Crippen LogP contribution in [0.25, 0.3) is 0 Å². The van der Waals surface area contributed by atoms with Gasteiger partial charge in [0.05, 0.1) is 6.10 Å². The second-order valence-corrected chi connectivity index (χ2v) is 5.24. The van der Waals surface area contributed by atoms with Crippen molar-refractivity contribution in [2.75, 3.05) is 6.54 Å². The zero-order chi connectivity index (χ0) is 10.5. The molecular formula is C12H23NOS. The van der Waals surface area contributed by atoms with Crippen molar-refractivity contribution in [3.63, 3.8) is 0 Å². The Labute approximate surface area is 98.8 Å². The van der Waals surface area contributed by atoms with Gasteiger partial charge in [-0.2, -0.15) is 0 Å². The van der Waals surface area contributed by atoms with Gasteiger partial charge in [0, 0.05) is 6.04 Å². The van der Waals surface area contributed by atoms with E-state index in [0.29, 0.717) is 12.1 Å². The van der Waals surface area contributed by atoms with Crippen molar-refractivity contribution in [2.24, 2.45) is 5.92 Å². The van der Waals surface area contributed by atoms with Gasteiger partial charge in [0.2, 0.25) is 0 Å². The van der Waals surface area contributed by atoms with E-state index in [0.717, 1.165) is 12.5 Å². The number of nitrogens with one attached hydrogen (secondary N) is 1. The van der Waals surface area contributed by atoms with Gasteiger partial charge in [-0.15, -0.1) is 0 Å². The Bertz CT molecular complexity index is 158. The number of hydrogen-bond donors (Lipinski definition) is 2. The maximum absolute atomic E-state index is 5.46. The van der Waals surface area contributed by atoms with Gasteiger partial charge in [-0.25, -0.2) is 0 Å². The Morgan fingerprint density at radius 1 is 1.00 bits per heavy atom. The first kappa shape index (κ1) is 11.7. The van der Waals surface area contributed by atoms with E-state index >= 15 is 0 Å². The summed E-state index contributed by atoms with van der Waals surface area (Å²) in [6.07, 6.45) is 11.1. The van der Waals surface area contributed by atoms with Gasteiger partial charge >= 0.3 is 0 Å². The third kappa shape index (κ3) is 3.11. The van der Waals surface area contributed by atoms with Crippen LogP contribution in [0.15, 0.2) is 0 Å². The molecule has 0 amide bonds. The summed E-state index contributed by atoms with van der Waals surface area (Å²) in [5.41, 5.74) is 0. The third-order valence-corrected chi connectivity index (χ3v) is 4.22. The minimum atomic E-state index is 0.342. The van der Waals surface area contributed by atoms with Crippen molar-refractivity contribution in [2.45, 2.75) is 63.5 Å². The summed E-state index contributed by atoms with van der Waals surface area (Å²) in [4.78, 5) is 0. The molecule has 2 unspecified atom stereocenters. The summed E-state index contributed by atoms with van der Waals surface area (Å²) >= 11 is 4.10. The normalized spacial score (nSPS) is 31.4. The maximum Gasteiger partial charge on any atom is 0.0899 e. The fourth-order valence-electron chi connectivity index (χ4n) is 3.11. The van der Waals surface area contributed by atoms with E-state index in [1.165, 1.54) is 51.4 Å². The lowest BCUT2D eigenvalue weighted by Gasteiger charge is -2.36. The molecule has 0 radical (unpaired) electrons. The highest BCUT2D eigenvalue weighted by molar-refractivity contribution is 7.75. The molecule has 0 bridgehead atoms. The van der Waals surface area contributed by atoms with Crippen LogP contribution in [0.2, 0.25) is 0 Å². The molecule has 1 heterocycles. The quantitative estimate of drug-likeness (QED) is 0.573. The minimum Gasteiger partial charge on any atom is -0.313 e. The number of rotatable bonds is 3. The minimum absolute atomic E-state index is 0.342. The molecule has 0 spiro atoms. The molecule has 0 aromatic carbocycles. The van der Waals surface area contributed by atoms with Crippen molar-refractivity contribution < 1.29 is 4.18 Å². The number of hydrogen-bond acceptors (Lipinski definition) is 3. The Hall–Kier alpha value is 0.270. The standard InChI is InChI=1S/C12H23NOS/c15-14-12(10-6-2-1-3-7-10)11-8-4-5-9-13-11/h10-13,15H,1-9H2. The smallest absolute Gasteiger partial charge is 0.0899 e. The highest BCUT2D eigenvalue weighted by Gasteiger charge is 2.31. The molecule has 3 heteroatoms. The van der Waals surface area contributed by atoms with Gasteiger partial charge in [0.1, 0.15) is 0 Å². The predicted octanol–water partition coefficient (Wildman–Crippen LogP) is 2.94. The van der Waals surface area contributed by atoms with Crippen LogP contribution in [0, 0.1) is 5.92 Å². The molecular weight excluding hydrogens is 206 g/mol. The van der Waals surface area contributed by atoms with Crippen molar-refractivity contribution >= 4 is 12.9 Å². The molecule has 88 valence electrons. The summed E-state index contributed by atoms with van der Waals surface area (Å²) in [7, 11) is 0. The largest absolute Gasteiger partial charge is 0.313 e. The molecule has 2 atom stereocenters. The first-order valence-electron chi connectivity index (χ1n) is 6.45. The van der Waals surface area contributed by atoms with Crippen LogP contribution in [-0.4, -0.2) is 18.7 Å². The van der Waals surface area contributed by atoms with Crippen LogP contribution in [0.1, 0.15) is 51.4 Å². The molecule has 1 saturated carbocycles. The second-order valence-electron chi connectivity index (χ2n) is 5.02. The molecule has 2 rings (SSSR count). The number of thiol groups is 1. The molecule has 15 heavy (non-hydrogen) atoms. The Morgan fingerprint density at radius 3 is 2.33 bits per heavy atom. The van der Waals surface area contributed by atoms with Crippen LogP contribution in [0.3, 0.4) is 0 Å². The molecule has 2 fully saturated rings. The second kappa shape index (κ2) is 6.12. The summed E-state index contributed by atoms with van der Waals surface area (Å²) in [5, 5.41) is 3.59. The van der Waals surface area contributed by atoms with Gasteiger partial charge < -0.3 is 9.50 Å². The van der Waals surface area contributed by atoms with Gasteiger partial charge in [0.25, 0.3) is 0 Å². The van der Waals surface area contributed by atoms with Crippen molar-refractivity contribution in [3.8, 4) is 0 Å². The van der Waals surface area contributed by atoms with Crippen LogP contribution in [0.5, 0.6) is 0 Å². The molecule has 1 aliphatic heterocycles. The average Bonchev–Trinajstić information content (AvgIpc) is 2.33. The molecule has 0 aromatic heterocycles. The zero-order valence-electron chi connectivity index (χ0n) is 9.45. The summed E-state index contributed by atoms with van der Waals surface area (Å²) < 4.78 is 5.46. The molecule has 1 saturated heterocycles. The Morgan fingerprint density at radius 2 is 1.73 bits per heavy atom. The predicted molar refractivity (Wildman–Crippen MR) is 66.1 cm³/mol. The summed E-state index contributed by atoms with van der Waals surface area (Å²) in [6.45, 7) is 1.16. The molecule has 2 aliphatic rings. The fraction of sp³-hybridized carbons (Fsp3) is 1.00. The highest BCUT2D eigenvalue weighted by Crippen LogP contribution is 2.31. The lowest BCUT2D eigenvalue weighted by atomic mass is 9.81. The van der Waals surface area contributed by atoms with Crippen molar-refractivity contribution in [3.05, 3.63) is 0 Å². The highest BCUT2D eigenvalue weighted by atomic mass is 32.1. The summed E-state index contributed by atoms with van der Waals surface area (Å²) in [5.74, 6) is 0.742. The van der Waals surface area contributed by atoms with Crippen LogP contribution < -0.4 is 5.32 Å². The van der Waals surface area contributed by atoms with Gasteiger partial charge in [-0.1, -0.05) is 25.7 Å². The van der Waals surface area contributed by atoms with Gasteiger partial charge in [-0.05, 0) is 51.1 Å². The van der Waals surface area contributed by atoms with Crippen molar-refractivity contribution in [1.82, 2.24) is 5.32 Å². The van der Waals surface area contributed by atoms with E-state index in [1.807, 2.05) is 0 Å². The molecule has 1 aliphatic carbocycles. The molecule has 1 N–H and O–H groups in total. The van der Waals surface area contributed by atoms with E-state index in [1.54, 1.807) is 0 Å². The van der Waals surface area contributed by atoms with E-state index in [-0.39, 0.29) is 0 Å². The van der Waals surface area contributed by atoms with E-state index in [9.17, 15) is 0 Å². The molecule has 2 nitrogen and oxygen atoms in total. The third-order valence-electron chi connectivity index (χ3n) is 3.98. The van der Waals surface area contributed by atoms with E-state index in [2.05, 4.69) is 18.2 Å². The van der Waals surface area contributed by atoms with Gasteiger partial charge in [0.15, 0.2) is 0 Å². The lowest BCUT2D eigenvalue weighted by molar-refractivity contribution is 0.0829. The summed E-state index contributed by atoms with van der Waals surface area (Å²) in [6, 6.07) is 0.555. The average molecular weight is 229 g/mol. The number of piperidine rings is 1. The zero-order valence-corrected chi connectivity index (χ0v) is 10.3. The van der Waals surface area contributed by atoms with Crippen LogP contribution >= 0.6 is 12.9 Å². The lowest BCUT2D eigenvalue weighted by Crippen LogP contribution is -2.47. The Kier molecular flexibility index (Phi) is 4.79. The van der Waals surface area contributed by atoms with Crippen LogP contribution in [0.4, 0.5) is 0 Å². The topological polar surface area (TPSA) is 21.3 Å². The first-order chi connectivity index (χ1) is 7.42. The van der Waals surface area contributed by atoms with Gasteiger partial charge in [-0.3, -0.25) is 0 Å². The Balaban J connectivity index is 1.88. The van der Waals surface area contributed by atoms with E-state index in [4.69, 9.17) is 4.18 Å². The van der Waals surface area contributed by atoms with Crippen molar-refractivity contribution in [1.29, 1.82) is 0 Å². The van der Waals surface area contributed by atoms with E-state index < -0.39 is 0 Å².